The van der Waals surface area contributed by atoms with E-state index in [2.05, 4.69) is 5.32 Å². The van der Waals surface area contributed by atoms with Crippen molar-refractivity contribution in [3.05, 3.63) is 46.7 Å². The fraction of sp³-hybridized carbons (Fsp3) is 0.143. The number of carbonyl (C=O) groups excluding carboxylic acids is 2. The molecule has 0 fully saturated rings. The van der Waals surface area contributed by atoms with Gasteiger partial charge >= 0.3 is 5.97 Å². The van der Waals surface area contributed by atoms with Crippen molar-refractivity contribution in [1.82, 2.24) is 0 Å². The fourth-order valence-corrected chi connectivity index (χ4v) is 3.14. The molecule has 0 atom stereocenters. The summed E-state index contributed by atoms with van der Waals surface area (Å²) >= 11 is 1.34. The predicted octanol–water partition coefficient (Wildman–Crippen LogP) is 1.95. The Kier molecular flexibility index (Phi) is 4.94. The van der Waals surface area contributed by atoms with Gasteiger partial charge in [-0.05, 0) is 23.6 Å². The maximum absolute atomic E-state index is 11.8. The molecule has 0 unspecified atom stereocenters. The van der Waals surface area contributed by atoms with Gasteiger partial charge in [-0.1, -0.05) is 12.1 Å². The van der Waals surface area contributed by atoms with E-state index in [0.717, 1.165) is 6.26 Å². The summed E-state index contributed by atoms with van der Waals surface area (Å²) in [5, 5.41) is 5.76. The Morgan fingerprint density at radius 3 is 2.59 bits per heavy atom. The van der Waals surface area contributed by atoms with Crippen LogP contribution >= 0.6 is 11.3 Å². The number of sulfone groups is 1. The summed E-state index contributed by atoms with van der Waals surface area (Å²) in [6, 6.07) is 7.60. The molecule has 6 nitrogen and oxygen atoms in total. The number of amides is 1. The summed E-state index contributed by atoms with van der Waals surface area (Å²) in [7, 11) is -3.47. The van der Waals surface area contributed by atoms with Crippen molar-refractivity contribution < 1.29 is 22.7 Å². The molecule has 2 aromatic rings. The summed E-state index contributed by atoms with van der Waals surface area (Å²) in [4.78, 5) is 23.4. The molecule has 0 saturated heterocycles. The predicted molar refractivity (Wildman–Crippen MR) is 82.8 cm³/mol. The summed E-state index contributed by atoms with van der Waals surface area (Å²) in [5.41, 5.74) is 0.524. The molecule has 116 valence electrons. The van der Waals surface area contributed by atoms with Gasteiger partial charge in [0.25, 0.3) is 5.91 Å². The van der Waals surface area contributed by atoms with Crippen LogP contribution in [0, 0.1) is 0 Å². The van der Waals surface area contributed by atoms with Gasteiger partial charge in [0, 0.05) is 11.6 Å². The van der Waals surface area contributed by atoms with Crippen LogP contribution in [0.4, 0.5) is 5.69 Å². The average Bonchev–Trinajstić information content (AvgIpc) is 2.98. The van der Waals surface area contributed by atoms with Crippen molar-refractivity contribution in [3.63, 3.8) is 0 Å². The standard InChI is InChI=1S/C14H13NO5S2/c1-22(18,19)12-5-3-2-4-11(12)15-13(16)8-20-14(17)10-6-7-21-9-10/h2-7,9H,8H2,1H3,(H,15,16). The molecule has 1 aromatic carbocycles. The van der Waals surface area contributed by atoms with Gasteiger partial charge in [0.05, 0.1) is 16.1 Å². The van der Waals surface area contributed by atoms with Gasteiger partial charge in [-0.25, -0.2) is 13.2 Å². The van der Waals surface area contributed by atoms with Gasteiger partial charge in [0.2, 0.25) is 0 Å². The summed E-state index contributed by atoms with van der Waals surface area (Å²) < 4.78 is 28.1. The van der Waals surface area contributed by atoms with Crippen molar-refractivity contribution in [1.29, 1.82) is 0 Å². The molecule has 0 aliphatic carbocycles. The first-order valence-electron chi connectivity index (χ1n) is 6.16. The van der Waals surface area contributed by atoms with Crippen molar-refractivity contribution >= 4 is 38.7 Å². The zero-order valence-electron chi connectivity index (χ0n) is 11.6. The molecule has 0 radical (unpaired) electrons. The van der Waals surface area contributed by atoms with Crippen molar-refractivity contribution in [2.45, 2.75) is 4.90 Å². The molecule has 1 amide bonds. The van der Waals surface area contributed by atoms with E-state index in [0.29, 0.717) is 5.56 Å². The first kappa shape index (κ1) is 16.2. The maximum atomic E-state index is 11.8. The van der Waals surface area contributed by atoms with E-state index >= 15 is 0 Å². The lowest BCUT2D eigenvalue weighted by atomic mass is 10.3. The molecule has 0 bridgehead atoms. The SMILES string of the molecule is CS(=O)(=O)c1ccccc1NC(=O)COC(=O)c1ccsc1. The van der Waals surface area contributed by atoms with Crippen LogP contribution in [0.3, 0.4) is 0 Å². The molecule has 1 N–H and O–H groups in total. The van der Waals surface area contributed by atoms with Crippen LogP contribution in [-0.4, -0.2) is 33.2 Å². The zero-order chi connectivity index (χ0) is 16.2. The largest absolute Gasteiger partial charge is 0.452 e. The number of thiophene rings is 1. The number of esters is 1. The highest BCUT2D eigenvalue weighted by atomic mass is 32.2. The average molecular weight is 339 g/mol. The third kappa shape index (κ3) is 4.15. The number of benzene rings is 1. The van der Waals surface area contributed by atoms with Gasteiger partial charge in [0.1, 0.15) is 0 Å². The first-order chi connectivity index (χ1) is 10.4. The third-order valence-corrected chi connectivity index (χ3v) is 4.49. The summed E-state index contributed by atoms with van der Waals surface area (Å²) in [6.07, 6.45) is 1.05. The Bertz CT molecular complexity index is 781. The number of para-hydroxylation sites is 1. The van der Waals surface area contributed by atoms with Gasteiger partial charge in [-0.2, -0.15) is 11.3 Å². The van der Waals surface area contributed by atoms with E-state index in [1.165, 1.54) is 23.5 Å². The molecular weight excluding hydrogens is 326 g/mol. The second kappa shape index (κ2) is 6.71. The molecule has 8 heteroatoms. The fourth-order valence-electron chi connectivity index (χ4n) is 1.67. The van der Waals surface area contributed by atoms with E-state index in [1.54, 1.807) is 29.0 Å². The Morgan fingerprint density at radius 2 is 1.95 bits per heavy atom. The van der Waals surface area contributed by atoms with Crippen LogP contribution in [0.1, 0.15) is 10.4 Å². The Morgan fingerprint density at radius 1 is 1.23 bits per heavy atom. The number of hydrogen-bond acceptors (Lipinski definition) is 6. The molecule has 1 heterocycles. The Balaban J connectivity index is 2.00. The zero-order valence-corrected chi connectivity index (χ0v) is 13.2. The highest BCUT2D eigenvalue weighted by Crippen LogP contribution is 2.20. The smallest absolute Gasteiger partial charge is 0.339 e. The van der Waals surface area contributed by atoms with Gasteiger partial charge in [0.15, 0.2) is 16.4 Å². The number of carbonyl (C=O) groups is 2. The van der Waals surface area contributed by atoms with Crippen LogP contribution in [0.2, 0.25) is 0 Å². The van der Waals surface area contributed by atoms with Crippen LogP contribution in [0.5, 0.6) is 0 Å². The number of nitrogens with one attached hydrogen (secondary N) is 1. The highest BCUT2D eigenvalue weighted by Gasteiger charge is 2.16. The number of hydrogen-bond donors (Lipinski definition) is 1. The molecule has 0 spiro atoms. The molecule has 0 saturated carbocycles. The number of anilines is 1. The second-order valence-corrected chi connectivity index (χ2v) is 7.17. The minimum Gasteiger partial charge on any atom is -0.452 e. The topological polar surface area (TPSA) is 89.5 Å². The van der Waals surface area contributed by atoms with Crippen LogP contribution in [0.15, 0.2) is 46.0 Å². The van der Waals surface area contributed by atoms with Crippen molar-refractivity contribution in [2.75, 3.05) is 18.2 Å². The first-order valence-corrected chi connectivity index (χ1v) is 8.99. The van der Waals surface area contributed by atoms with E-state index in [1.807, 2.05) is 0 Å². The lowest BCUT2D eigenvalue weighted by Crippen LogP contribution is -2.21. The molecule has 1 aromatic heterocycles. The molecule has 0 aliphatic heterocycles. The van der Waals surface area contributed by atoms with Crippen LogP contribution < -0.4 is 5.32 Å². The minimum absolute atomic E-state index is 0.00695. The van der Waals surface area contributed by atoms with E-state index < -0.39 is 28.3 Å². The second-order valence-electron chi connectivity index (χ2n) is 4.40. The maximum Gasteiger partial charge on any atom is 0.339 e. The lowest BCUT2D eigenvalue weighted by Gasteiger charge is -2.09. The van der Waals surface area contributed by atoms with E-state index in [4.69, 9.17) is 4.74 Å². The van der Waals surface area contributed by atoms with Crippen LogP contribution in [0.25, 0.3) is 0 Å². The van der Waals surface area contributed by atoms with E-state index in [9.17, 15) is 18.0 Å². The third-order valence-electron chi connectivity index (χ3n) is 2.65. The highest BCUT2D eigenvalue weighted by molar-refractivity contribution is 7.90. The lowest BCUT2D eigenvalue weighted by molar-refractivity contribution is -0.119. The van der Waals surface area contributed by atoms with Crippen molar-refractivity contribution in [3.8, 4) is 0 Å². The van der Waals surface area contributed by atoms with E-state index in [-0.39, 0.29) is 10.6 Å². The summed E-state index contributed by atoms with van der Waals surface area (Å²) in [6.45, 7) is -0.493. The monoisotopic (exact) mass is 339 g/mol. The quantitative estimate of drug-likeness (QED) is 0.841. The molecule has 22 heavy (non-hydrogen) atoms. The Labute approximate surface area is 131 Å². The number of rotatable bonds is 5. The van der Waals surface area contributed by atoms with Gasteiger partial charge in [-0.15, -0.1) is 0 Å². The summed E-state index contributed by atoms with van der Waals surface area (Å²) in [5.74, 6) is -1.22. The van der Waals surface area contributed by atoms with Crippen LogP contribution in [-0.2, 0) is 19.4 Å². The number of ether oxygens (including phenoxy) is 1. The van der Waals surface area contributed by atoms with Gasteiger partial charge < -0.3 is 10.1 Å². The normalized spacial score (nSPS) is 11.0. The molecule has 0 aliphatic rings. The van der Waals surface area contributed by atoms with Crippen molar-refractivity contribution in [2.24, 2.45) is 0 Å². The van der Waals surface area contributed by atoms with Gasteiger partial charge in [-0.3, -0.25) is 4.79 Å². The molecular formula is C14H13NO5S2. The Hall–Kier alpha value is -2.19. The molecule has 2 rings (SSSR count). The minimum atomic E-state index is -3.47.